The van der Waals surface area contributed by atoms with Crippen LogP contribution in [0.5, 0.6) is 0 Å². The van der Waals surface area contributed by atoms with E-state index < -0.39 is 15.8 Å². The Morgan fingerprint density at radius 3 is 2.47 bits per heavy atom. The Balaban J connectivity index is 1.66. The summed E-state index contributed by atoms with van der Waals surface area (Å²) in [5.74, 6) is -0.712. The number of hydrogen-bond donors (Lipinski definition) is 0. The van der Waals surface area contributed by atoms with Crippen LogP contribution in [0, 0.1) is 5.82 Å². The predicted molar refractivity (Wildman–Crippen MR) is 125 cm³/mol. The van der Waals surface area contributed by atoms with Gasteiger partial charge < -0.3 is 4.90 Å². The van der Waals surface area contributed by atoms with Crippen LogP contribution in [0.15, 0.2) is 82.2 Å². The van der Waals surface area contributed by atoms with Gasteiger partial charge in [-0.15, -0.1) is 0 Å². The average molecular weight is 517 g/mol. The van der Waals surface area contributed by atoms with Crippen molar-refractivity contribution in [3.05, 3.63) is 94.2 Å². The molecule has 4 rings (SSSR count). The number of hydrogen-bond acceptors (Lipinski definition) is 3. The van der Waals surface area contributed by atoms with E-state index in [0.29, 0.717) is 12.0 Å². The van der Waals surface area contributed by atoms with Gasteiger partial charge in [-0.1, -0.05) is 46.3 Å². The fourth-order valence-corrected chi connectivity index (χ4v) is 5.77. The van der Waals surface area contributed by atoms with Crippen LogP contribution < -0.4 is 4.90 Å². The second-order valence-electron chi connectivity index (χ2n) is 7.80. The molecule has 0 spiro atoms. The fourth-order valence-electron chi connectivity index (χ4n) is 3.97. The first-order valence-corrected chi connectivity index (χ1v) is 12.4. The molecule has 0 radical (unpaired) electrons. The van der Waals surface area contributed by atoms with Gasteiger partial charge in [-0.25, -0.2) is 12.8 Å². The topological polar surface area (TPSA) is 57.7 Å². The van der Waals surface area contributed by atoms with Crippen molar-refractivity contribution in [1.29, 1.82) is 0 Å². The SMILES string of the molecule is CC1Cc2cc(Br)ccc2N1C(=O)CN(Cc1ccc(F)cc1)S(=O)(=O)c1ccccc1. The second-order valence-corrected chi connectivity index (χ2v) is 10.7. The molecule has 0 aromatic heterocycles. The molecule has 1 unspecified atom stereocenters. The molecule has 32 heavy (non-hydrogen) atoms. The first-order chi connectivity index (χ1) is 15.3. The summed E-state index contributed by atoms with van der Waals surface area (Å²) in [6, 6.07) is 19.3. The van der Waals surface area contributed by atoms with Crippen LogP contribution in [0.4, 0.5) is 10.1 Å². The number of carbonyl (C=O) groups is 1. The molecule has 8 heteroatoms. The third kappa shape index (κ3) is 4.62. The van der Waals surface area contributed by atoms with E-state index in [1.54, 1.807) is 23.1 Å². The molecule has 1 heterocycles. The molecule has 0 saturated heterocycles. The first kappa shape index (κ1) is 22.6. The summed E-state index contributed by atoms with van der Waals surface area (Å²) in [5, 5.41) is 0. The molecule has 1 atom stereocenters. The molecule has 0 N–H and O–H groups in total. The summed E-state index contributed by atoms with van der Waals surface area (Å²) in [6.07, 6.45) is 0.698. The van der Waals surface area contributed by atoms with Crippen molar-refractivity contribution in [3.8, 4) is 0 Å². The minimum Gasteiger partial charge on any atom is -0.308 e. The zero-order chi connectivity index (χ0) is 22.9. The lowest BCUT2D eigenvalue weighted by molar-refractivity contribution is -0.119. The normalized spacial score (nSPS) is 15.8. The van der Waals surface area contributed by atoms with Gasteiger partial charge in [-0.2, -0.15) is 4.31 Å². The first-order valence-electron chi connectivity index (χ1n) is 10.2. The van der Waals surface area contributed by atoms with Crippen LogP contribution in [-0.2, 0) is 27.8 Å². The van der Waals surface area contributed by atoms with Gasteiger partial charge in [0.2, 0.25) is 15.9 Å². The number of carbonyl (C=O) groups excluding carboxylic acids is 1. The van der Waals surface area contributed by atoms with E-state index >= 15 is 0 Å². The van der Waals surface area contributed by atoms with E-state index in [-0.39, 0.29) is 29.9 Å². The number of fused-ring (bicyclic) bond motifs is 1. The molecule has 3 aromatic carbocycles. The molecule has 0 fully saturated rings. The lowest BCUT2D eigenvalue weighted by atomic mass is 10.1. The van der Waals surface area contributed by atoms with Crippen LogP contribution in [0.3, 0.4) is 0 Å². The van der Waals surface area contributed by atoms with E-state index in [1.807, 2.05) is 25.1 Å². The van der Waals surface area contributed by atoms with Gasteiger partial charge in [0.15, 0.2) is 0 Å². The highest BCUT2D eigenvalue weighted by Gasteiger charge is 2.34. The number of amides is 1. The third-order valence-electron chi connectivity index (χ3n) is 5.49. The number of anilines is 1. The van der Waals surface area contributed by atoms with Gasteiger partial charge in [-0.05, 0) is 66.9 Å². The molecule has 1 aliphatic rings. The predicted octanol–water partition coefficient (Wildman–Crippen LogP) is 4.76. The quantitative estimate of drug-likeness (QED) is 0.474. The highest BCUT2D eigenvalue weighted by atomic mass is 79.9. The van der Waals surface area contributed by atoms with Gasteiger partial charge >= 0.3 is 0 Å². The van der Waals surface area contributed by atoms with Crippen molar-refractivity contribution in [1.82, 2.24) is 4.31 Å². The molecule has 3 aromatic rings. The van der Waals surface area contributed by atoms with Gasteiger partial charge in [-0.3, -0.25) is 4.79 Å². The minimum absolute atomic E-state index is 0.0430. The molecule has 0 bridgehead atoms. The smallest absolute Gasteiger partial charge is 0.243 e. The fraction of sp³-hybridized carbons (Fsp3) is 0.208. The van der Waals surface area contributed by atoms with Crippen molar-refractivity contribution in [3.63, 3.8) is 0 Å². The van der Waals surface area contributed by atoms with E-state index in [0.717, 1.165) is 20.0 Å². The van der Waals surface area contributed by atoms with E-state index in [2.05, 4.69) is 15.9 Å². The van der Waals surface area contributed by atoms with Crippen LogP contribution in [-0.4, -0.2) is 31.2 Å². The summed E-state index contributed by atoms with van der Waals surface area (Å²) in [7, 11) is -3.95. The molecular weight excluding hydrogens is 495 g/mol. The molecule has 0 saturated carbocycles. The van der Waals surface area contributed by atoms with Crippen LogP contribution in [0.2, 0.25) is 0 Å². The van der Waals surface area contributed by atoms with Crippen molar-refractivity contribution in [2.45, 2.75) is 30.8 Å². The Morgan fingerprint density at radius 2 is 1.78 bits per heavy atom. The Morgan fingerprint density at radius 1 is 1.09 bits per heavy atom. The Labute approximate surface area is 195 Å². The highest BCUT2D eigenvalue weighted by molar-refractivity contribution is 9.10. The number of rotatable bonds is 6. The molecular formula is C24H22BrFN2O3S. The van der Waals surface area contributed by atoms with Gasteiger partial charge in [0, 0.05) is 22.7 Å². The average Bonchev–Trinajstić information content (AvgIpc) is 3.10. The molecule has 166 valence electrons. The summed E-state index contributed by atoms with van der Waals surface area (Å²) in [5.41, 5.74) is 2.43. The monoisotopic (exact) mass is 516 g/mol. The van der Waals surface area contributed by atoms with Crippen LogP contribution >= 0.6 is 15.9 Å². The molecule has 5 nitrogen and oxygen atoms in total. The summed E-state index contributed by atoms with van der Waals surface area (Å²) in [4.78, 5) is 15.2. The number of sulfonamides is 1. The zero-order valence-electron chi connectivity index (χ0n) is 17.4. The van der Waals surface area contributed by atoms with E-state index in [9.17, 15) is 17.6 Å². The zero-order valence-corrected chi connectivity index (χ0v) is 19.8. The van der Waals surface area contributed by atoms with Crippen molar-refractivity contribution < 1.29 is 17.6 Å². The second kappa shape index (κ2) is 9.13. The lowest BCUT2D eigenvalue weighted by Crippen LogP contribution is -2.44. The minimum atomic E-state index is -3.95. The maximum atomic E-state index is 13.4. The largest absolute Gasteiger partial charge is 0.308 e. The van der Waals surface area contributed by atoms with Gasteiger partial charge in [0.1, 0.15) is 5.82 Å². The number of benzene rings is 3. The number of nitrogens with zero attached hydrogens (tertiary/aromatic N) is 2. The number of halogens is 2. The third-order valence-corrected chi connectivity index (χ3v) is 7.79. The van der Waals surface area contributed by atoms with Crippen molar-refractivity contribution in [2.75, 3.05) is 11.4 Å². The van der Waals surface area contributed by atoms with Gasteiger partial charge in [0.05, 0.1) is 11.4 Å². The standard InChI is InChI=1S/C24H22BrFN2O3S/c1-17-13-19-14-20(25)9-12-23(19)28(17)24(29)16-27(15-18-7-10-21(26)11-8-18)32(30,31)22-5-3-2-4-6-22/h2-12,14,17H,13,15-16H2,1H3. The summed E-state index contributed by atoms with van der Waals surface area (Å²) in [6.45, 7) is 1.58. The van der Waals surface area contributed by atoms with E-state index in [4.69, 9.17) is 0 Å². The Hall–Kier alpha value is -2.55. The lowest BCUT2D eigenvalue weighted by Gasteiger charge is -2.27. The maximum absolute atomic E-state index is 13.4. The van der Waals surface area contributed by atoms with Gasteiger partial charge in [0.25, 0.3) is 0 Å². The van der Waals surface area contributed by atoms with Crippen LogP contribution in [0.1, 0.15) is 18.1 Å². The maximum Gasteiger partial charge on any atom is 0.243 e. The molecule has 1 aliphatic heterocycles. The van der Waals surface area contributed by atoms with Crippen molar-refractivity contribution in [2.24, 2.45) is 0 Å². The summed E-state index contributed by atoms with van der Waals surface area (Å²) < 4.78 is 42.2. The van der Waals surface area contributed by atoms with Crippen LogP contribution in [0.25, 0.3) is 0 Å². The molecule has 1 amide bonds. The summed E-state index contributed by atoms with van der Waals surface area (Å²) >= 11 is 3.46. The molecule has 0 aliphatic carbocycles. The van der Waals surface area contributed by atoms with Crippen molar-refractivity contribution >= 4 is 37.5 Å². The highest BCUT2D eigenvalue weighted by Crippen LogP contribution is 2.34. The van der Waals surface area contributed by atoms with E-state index in [1.165, 1.54) is 36.4 Å². The Kier molecular flexibility index (Phi) is 6.46. The Bertz CT molecular complexity index is 1230.